The topological polar surface area (TPSA) is 288 Å². The summed E-state index contributed by atoms with van der Waals surface area (Å²) in [4.78, 5) is 70.6. The lowest BCUT2D eigenvalue weighted by atomic mass is 9.81. The maximum atomic E-state index is 14.0. The second kappa shape index (κ2) is 21.0. The fourth-order valence-corrected chi connectivity index (χ4v) is 5.77. The molecule has 0 fully saturated rings. The Labute approximate surface area is 302 Å². The van der Waals surface area contributed by atoms with E-state index in [1.54, 1.807) is 29.7 Å². The predicted octanol–water partition coefficient (Wildman–Crippen LogP) is -0.355. The van der Waals surface area contributed by atoms with Gasteiger partial charge in [0.05, 0.1) is 18.1 Å². The van der Waals surface area contributed by atoms with Crippen LogP contribution in [0.15, 0.2) is 42.6 Å². The predicted molar refractivity (Wildman–Crippen MR) is 192 cm³/mol. The standard InChI is InChI=1S/C34H51N11O7/c1-20(2)17-25-24(31(48)45-51)5-4-16-52-23-10-7-21(8-11-23)18-27(43-30(25)47)33(50)42-26(6-3-13-40-34(35)36)32(49)39-15-14-38-29(46)22-9-12-28(44-37)41-19-22/h7-12,19-20,24-27,51H,3-6,13-18,37H2,1-2H3,(H,38,46)(H,39,49)(H,41,44)(H,42,50)(H,43,47)(H,45,48)(H4,35,36,40)/t24-,25+,26-,27-/m0/s1. The quantitative estimate of drug-likeness (QED) is 0.0281. The van der Waals surface area contributed by atoms with Crippen LogP contribution in [0.2, 0.25) is 0 Å². The lowest BCUT2D eigenvalue weighted by Gasteiger charge is -2.29. The summed E-state index contributed by atoms with van der Waals surface area (Å²) < 4.78 is 5.83. The summed E-state index contributed by atoms with van der Waals surface area (Å²) >= 11 is 0. The first-order valence-electron chi connectivity index (χ1n) is 17.2. The Morgan fingerprint density at radius 2 is 1.77 bits per heavy atom. The number of nitrogens with zero attached hydrogens (tertiary/aromatic N) is 1. The van der Waals surface area contributed by atoms with Gasteiger partial charge >= 0.3 is 0 Å². The minimum absolute atomic E-state index is 0.00566. The van der Waals surface area contributed by atoms with Gasteiger partial charge in [-0.15, -0.1) is 0 Å². The molecule has 5 amide bonds. The second-order valence-corrected chi connectivity index (χ2v) is 12.9. The minimum Gasteiger partial charge on any atom is -0.494 e. The maximum absolute atomic E-state index is 14.0. The van der Waals surface area contributed by atoms with Crippen molar-refractivity contribution in [3.8, 4) is 5.75 Å². The van der Waals surface area contributed by atoms with Crippen molar-refractivity contribution in [2.75, 3.05) is 31.7 Å². The number of nitrogens with two attached hydrogens (primary N) is 2. The first-order valence-corrected chi connectivity index (χ1v) is 17.2. The molecule has 0 saturated carbocycles. The average molecular weight is 726 g/mol. The summed E-state index contributed by atoms with van der Waals surface area (Å²) in [5.41, 5.74) is 10.5. The highest BCUT2D eigenvalue weighted by Crippen LogP contribution is 2.27. The van der Waals surface area contributed by atoms with E-state index in [0.717, 1.165) is 0 Å². The molecular weight excluding hydrogens is 674 g/mol. The van der Waals surface area contributed by atoms with Crippen LogP contribution in [0, 0.1) is 23.2 Å². The van der Waals surface area contributed by atoms with Crippen LogP contribution in [0.4, 0.5) is 5.82 Å². The largest absolute Gasteiger partial charge is 0.494 e. The zero-order valence-electron chi connectivity index (χ0n) is 29.5. The number of amides is 5. The third-order valence-electron chi connectivity index (χ3n) is 8.42. The molecule has 18 heteroatoms. The molecule has 18 nitrogen and oxygen atoms in total. The molecule has 2 aliphatic heterocycles. The number of nitrogens with one attached hydrogen (secondary N) is 8. The Kier molecular flexibility index (Phi) is 16.5. The van der Waals surface area contributed by atoms with Crippen LogP contribution in [0.25, 0.3) is 0 Å². The molecular formula is C34H51N11O7. The van der Waals surface area contributed by atoms with Crippen molar-refractivity contribution in [3.05, 3.63) is 53.7 Å². The van der Waals surface area contributed by atoms with E-state index in [-0.39, 0.29) is 50.8 Å². The molecule has 13 N–H and O–H groups in total. The minimum atomic E-state index is -1.14. The number of hydrazine groups is 1. The zero-order chi connectivity index (χ0) is 38.0. The zero-order valence-corrected chi connectivity index (χ0v) is 29.5. The number of pyridine rings is 1. The molecule has 2 bridgehead atoms. The van der Waals surface area contributed by atoms with Crippen LogP contribution in [0.5, 0.6) is 5.75 Å². The van der Waals surface area contributed by atoms with Crippen LogP contribution in [0.1, 0.15) is 61.9 Å². The van der Waals surface area contributed by atoms with Gasteiger partial charge in [-0.05, 0) is 67.9 Å². The molecule has 0 radical (unpaired) electrons. The van der Waals surface area contributed by atoms with Crippen LogP contribution in [-0.2, 0) is 25.6 Å². The van der Waals surface area contributed by atoms with Gasteiger partial charge in [-0.1, -0.05) is 26.0 Å². The summed E-state index contributed by atoms with van der Waals surface area (Å²) in [5.74, 6) is 1.47. The van der Waals surface area contributed by atoms with Crippen molar-refractivity contribution >= 4 is 41.3 Å². The molecule has 4 rings (SSSR count). The molecule has 0 saturated heterocycles. The molecule has 2 aromatic rings. The molecule has 284 valence electrons. The molecule has 4 atom stereocenters. The van der Waals surface area contributed by atoms with E-state index < -0.39 is 53.5 Å². The van der Waals surface area contributed by atoms with Crippen molar-refractivity contribution in [2.24, 2.45) is 29.3 Å². The van der Waals surface area contributed by atoms with E-state index in [4.69, 9.17) is 21.7 Å². The number of carbonyl (C=O) groups is 5. The van der Waals surface area contributed by atoms with Crippen molar-refractivity contribution in [1.29, 1.82) is 5.41 Å². The van der Waals surface area contributed by atoms with Crippen molar-refractivity contribution < 1.29 is 33.9 Å². The second-order valence-electron chi connectivity index (χ2n) is 12.9. The molecule has 3 heterocycles. The Morgan fingerprint density at radius 3 is 2.40 bits per heavy atom. The lowest BCUT2D eigenvalue weighted by Crippen LogP contribution is -2.56. The first-order chi connectivity index (χ1) is 24.9. The van der Waals surface area contributed by atoms with Crippen LogP contribution < -0.4 is 53.8 Å². The molecule has 0 aliphatic carbocycles. The van der Waals surface area contributed by atoms with E-state index in [9.17, 15) is 29.2 Å². The monoisotopic (exact) mass is 725 g/mol. The number of anilines is 1. The van der Waals surface area contributed by atoms with Gasteiger partial charge < -0.3 is 42.5 Å². The number of nitrogen functional groups attached to an aromatic ring is 1. The highest BCUT2D eigenvalue weighted by molar-refractivity contribution is 5.95. The number of rotatable bonds is 15. The summed E-state index contributed by atoms with van der Waals surface area (Å²) in [6.07, 6.45) is 2.90. The van der Waals surface area contributed by atoms with Gasteiger partial charge in [-0.3, -0.25) is 34.6 Å². The van der Waals surface area contributed by atoms with Gasteiger partial charge in [0.25, 0.3) is 5.91 Å². The van der Waals surface area contributed by atoms with Crippen LogP contribution in [-0.4, -0.2) is 84.0 Å². The van der Waals surface area contributed by atoms with Gasteiger partial charge in [0.15, 0.2) is 5.96 Å². The normalized spacial score (nSPS) is 18.1. The number of guanidine groups is 1. The van der Waals surface area contributed by atoms with Crippen molar-refractivity contribution in [3.63, 3.8) is 0 Å². The van der Waals surface area contributed by atoms with Crippen molar-refractivity contribution in [2.45, 2.75) is 64.5 Å². The molecule has 1 aromatic heterocycles. The Morgan fingerprint density at radius 1 is 1.04 bits per heavy atom. The van der Waals surface area contributed by atoms with E-state index in [0.29, 0.717) is 48.6 Å². The maximum Gasteiger partial charge on any atom is 0.252 e. The molecule has 0 spiro atoms. The van der Waals surface area contributed by atoms with Gasteiger partial charge in [0, 0.05) is 38.2 Å². The number of aromatic nitrogens is 1. The highest BCUT2D eigenvalue weighted by atomic mass is 16.5. The van der Waals surface area contributed by atoms with Crippen LogP contribution >= 0.6 is 0 Å². The Hall–Kier alpha value is -5.49. The molecule has 52 heavy (non-hydrogen) atoms. The Balaban J connectivity index is 1.79. The number of benzene rings is 1. The number of hydrogen-bond acceptors (Lipinski definition) is 11. The molecule has 2 aliphatic rings. The summed E-state index contributed by atoms with van der Waals surface area (Å²) in [7, 11) is 0. The smallest absolute Gasteiger partial charge is 0.252 e. The molecule has 0 unspecified atom stereocenters. The van der Waals surface area contributed by atoms with Gasteiger partial charge in [-0.25, -0.2) is 16.3 Å². The van der Waals surface area contributed by atoms with E-state index in [1.807, 2.05) is 13.8 Å². The number of carbonyl (C=O) groups excluding carboxylic acids is 5. The summed E-state index contributed by atoms with van der Waals surface area (Å²) in [6, 6.07) is 7.94. The fourth-order valence-electron chi connectivity index (χ4n) is 5.77. The van der Waals surface area contributed by atoms with Gasteiger partial charge in [0.1, 0.15) is 23.7 Å². The third kappa shape index (κ3) is 13.3. The van der Waals surface area contributed by atoms with Gasteiger partial charge in [0.2, 0.25) is 23.6 Å². The highest BCUT2D eigenvalue weighted by Gasteiger charge is 2.36. The van der Waals surface area contributed by atoms with Crippen LogP contribution in [0.3, 0.4) is 0 Å². The summed E-state index contributed by atoms with van der Waals surface area (Å²) in [5, 5.41) is 30.6. The number of fused-ring (bicyclic) bond motifs is 11. The van der Waals surface area contributed by atoms with E-state index >= 15 is 0 Å². The SMILES string of the molecule is CC(C)C[C@H]1C(=O)N[C@H](C(=O)N[C@@H](CCCNC(=N)N)C(=O)NCCNC(=O)c2ccc(NN)nc2)Cc2ccc(cc2)OCCC[C@@H]1C(=O)NO. The number of ether oxygens (including phenoxy) is 1. The number of hydroxylamine groups is 1. The Bertz CT molecular complexity index is 1510. The van der Waals surface area contributed by atoms with E-state index in [1.165, 1.54) is 18.3 Å². The van der Waals surface area contributed by atoms with E-state index in [2.05, 4.69) is 37.0 Å². The lowest BCUT2D eigenvalue weighted by molar-refractivity contribution is -0.142. The molecule has 1 aromatic carbocycles. The van der Waals surface area contributed by atoms with Gasteiger partial charge in [-0.2, -0.15) is 0 Å². The first kappa shape index (κ1) is 40.9. The average Bonchev–Trinajstić information content (AvgIpc) is 3.13. The fraction of sp³-hybridized carbons (Fsp3) is 0.500. The third-order valence-corrected chi connectivity index (χ3v) is 8.42. The number of hydrogen-bond donors (Lipinski definition) is 11. The van der Waals surface area contributed by atoms with Crippen molar-refractivity contribution in [1.82, 2.24) is 37.0 Å². The summed E-state index contributed by atoms with van der Waals surface area (Å²) in [6.45, 7) is 4.49.